The van der Waals surface area contributed by atoms with Crippen LogP contribution in [0.25, 0.3) is 21.9 Å². The third-order valence-electron chi connectivity index (χ3n) is 5.46. The van der Waals surface area contributed by atoms with E-state index in [1.54, 1.807) is 54.3 Å². The molecule has 2 heterocycles. The fourth-order valence-electron chi connectivity index (χ4n) is 3.51. The Morgan fingerprint density at radius 1 is 1.12 bits per heavy atom. The first kappa shape index (κ1) is 21.5. The minimum absolute atomic E-state index is 0.109. The zero-order valence-corrected chi connectivity index (χ0v) is 17.6. The number of nitrogens with one attached hydrogen (secondary N) is 1. The number of hydrogen-bond donors (Lipinski definition) is 1. The summed E-state index contributed by atoms with van der Waals surface area (Å²) in [7, 11) is 1.72. The Hall–Kier alpha value is -3.75. The molecule has 0 aliphatic carbocycles. The van der Waals surface area contributed by atoms with E-state index in [1.807, 2.05) is 13.0 Å². The lowest BCUT2D eigenvalue weighted by Gasteiger charge is -2.16. The van der Waals surface area contributed by atoms with E-state index in [0.29, 0.717) is 22.2 Å². The van der Waals surface area contributed by atoms with Crippen LogP contribution in [-0.2, 0) is 7.05 Å². The number of benzene rings is 2. The van der Waals surface area contributed by atoms with Crippen molar-refractivity contribution in [3.05, 3.63) is 71.7 Å². The molecule has 0 radical (unpaired) electrons. The summed E-state index contributed by atoms with van der Waals surface area (Å²) in [4.78, 5) is 12.7. The van der Waals surface area contributed by atoms with Gasteiger partial charge in [-0.3, -0.25) is 9.48 Å². The number of amides is 1. The van der Waals surface area contributed by atoms with Gasteiger partial charge >= 0.3 is 6.18 Å². The van der Waals surface area contributed by atoms with E-state index >= 15 is 0 Å². The van der Waals surface area contributed by atoms with E-state index in [9.17, 15) is 18.0 Å². The van der Waals surface area contributed by atoms with Gasteiger partial charge in [0.05, 0.1) is 24.0 Å². The van der Waals surface area contributed by atoms with Crippen molar-refractivity contribution in [2.24, 2.45) is 7.05 Å². The van der Waals surface area contributed by atoms with Crippen molar-refractivity contribution in [1.82, 2.24) is 20.0 Å². The molecule has 0 bridgehead atoms. The quantitative estimate of drug-likeness (QED) is 0.471. The van der Waals surface area contributed by atoms with Crippen molar-refractivity contribution in [1.29, 1.82) is 0 Å². The molecule has 2 aromatic heterocycles. The predicted molar refractivity (Wildman–Crippen MR) is 115 cm³/mol. The average Bonchev–Trinajstić information content (AvgIpc) is 3.16. The number of rotatable bonds is 4. The molecular weight excluding hydrogens is 419 g/mol. The van der Waals surface area contributed by atoms with Gasteiger partial charge in [-0.05, 0) is 48.7 Å². The van der Waals surface area contributed by atoms with Gasteiger partial charge in [-0.2, -0.15) is 28.5 Å². The number of aromatic nitrogens is 4. The Balaban J connectivity index is 1.72. The van der Waals surface area contributed by atoms with Crippen LogP contribution in [0.2, 0.25) is 0 Å². The van der Waals surface area contributed by atoms with Gasteiger partial charge in [-0.15, -0.1) is 0 Å². The second-order valence-corrected chi connectivity index (χ2v) is 7.62. The molecular formula is C23H20F3N5O. The normalized spacial score (nSPS) is 12.7. The molecule has 164 valence electrons. The van der Waals surface area contributed by atoms with Gasteiger partial charge in [0.2, 0.25) is 0 Å². The van der Waals surface area contributed by atoms with E-state index in [4.69, 9.17) is 0 Å². The van der Waals surface area contributed by atoms with E-state index in [0.717, 1.165) is 23.6 Å². The van der Waals surface area contributed by atoms with Crippen molar-refractivity contribution in [3.63, 3.8) is 0 Å². The number of carbonyl (C=O) groups is 1. The minimum atomic E-state index is -4.41. The van der Waals surface area contributed by atoms with Crippen LogP contribution in [0.3, 0.4) is 0 Å². The summed E-state index contributed by atoms with van der Waals surface area (Å²) in [6, 6.07) is 12.1. The number of alkyl halides is 3. The lowest BCUT2D eigenvalue weighted by molar-refractivity contribution is -0.146. The van der Waals surface area contributed by atoms with Crippen LogP contribution >= 0.6 is 0 Å². The molecule has 1 N–H and O–H groups in total. The van der Waals surface area contributed by atoms with Gasteiger partial charge in [-0.25, -0.2) is 0 Å². The Kier molecular flexibility index (Phi) is 5.41. The molecule has 0 aliphatic rings. The zero-order chi connectivity index (χ0) is 23.0. The zero-order valence-electron chi connectivity index (χ0n) is 17.6. The summed E-state index contributed by atoms with van der Waals surface area (Å²) < 4.78 is 41.2. The van der Waals surface area contributed by atoms with Gasteiger partial charge in [0.25, 0.3) is 5.91 Å². The highest BCUT2D eigenvalue weighted by molar-refractivity contribution is 6.04. The maximum Gasteiger partial charge on any atom is 0.397 e. The molecule has 0 saturated carbocycles. The minimum Gasteiger partial charge on any atom is -0.307 e. The first-order valence-corrected chi connectivity index (χ1v) is 9.87. The molecule has 4 rings (SSSR count). The third kappa shape index (κ3) is 4.05. The maximum atomic E-state index is 13.2. The van der Waals surface area contributed by atoms with E-state index in [1.165, 1.54) is 6.20 Å². The van der Waals surface area contributed by atoms with Crippen LogP contribution in [-0.4, -0.2) is 32.1 Å². The van der Waals surface area contributed by atoms with Crippen molar-refractivity contribution < 1.29 is 18.0 Å². The second kappa shape index (κ2) is 8.07. The first-order valence-electron chi connectivity index (χ1n) is 9.87. The lowest BCUT2D eigenvalue weighted by atomic mass is 9.94. The van der Waals surface area contributed by atoms with E-state index < -0.39 is 12.1 Å². The summed E-state index contributed by atoms with van der Waals surface area (Å²) in [5.74, 6) is -1.46. The summed E-state index contributed by atoms with van der Waals surface area (Å²) in [5, 5.41) is 15.3. The number of anilines is 1. The molecule has 9 heteroatoms. The number of nitrogens with zero attached hydrogens (tertiary/aromatic N) is 4. The molecule has 6 nitrogen and oxygen atoms in total. The smallest absolute Gasteiger partial charge is 0.307 e. The number of aryl methyl sites for hydroxylation is 2. The van der Waals surface area contributed by atoms with Gasteiger partial charge in [0.1, 0.15) is 5.82 Å². The van der Waals surface area contributed by atoms with Crippen LogP contribution in [0.4, 0.5) is 19.0 Å². The molecule has 32 heavy (non-hydrogen) atoms. The SMILES string of the molecule is Cc1ccc(C(=O)Nc2ccnn2C)cc1-c1ccc2c(C(C)C(F)(F)F)nncc2c1. The Morgan fingerprint density at radius 3 is 2.59 bits per heavy atom. The highest BCUT2D eigenvalue weighted by Crippen LogP contribution is 2.37. The van der Waals surface area contributed by atoms with Crippen LogP contribution in [0.1, 0.15) is 34.5 Å². The van der Waals surface area contributed by atoms with Gasteiger partial charge < -0.3 is 5.32 Å². The maximum absolute atomic E-state index is 13.2. The van der Waals surface area contributed by atoms with Gasteiger partial charge in [0.15, 0.2) is 0 Å². The van der Waals surface area contributed by atoms with Crippen LogP contribution in [0.5, 0.6) is 0 Å². The van der Waals surface area contributed by atoms with Crippen LogP contribution in [0, 0.1) is 6.92 Å². The highest BCUT2D eigenvalue weighted by atomic mass is 19.4. The second-order valence-electron chi connectivity index (χ2n) is 7.62. The largest absolute Gasteiger partial charge is 0.397 e. The van der Waals surface area contributed by atoms with Crippen LogP contribution < -0.4 is 5.32 Å². The summed E-state index contributed by atoms with van der Waals surface area (Å²) in [6.07, 6.45) is -1.38. The highest BCUT2D eigenvalue weighted by Gasteiger charge is 2.39. The fraction of sp³-hybridized carbons (Fsp3) is 0.217. The number of fused-ring (bicyclic) bond motifs is 1. The third-order valence-corrected chi connectivity index (χ3v) is 5.46. The number of hydrogen-bond acceptors (Lipinski definition) is 4. The Labute approximate surface area is 182 Å². The molecule has 1 unspecified atom stereocenters. The number of halogens is 3. The molecule has 0 fully saturated rings. The topological polar surface area (TPSA) is 72.7 Å². The van der Waals surface area contributed by atoms with E-state index in [-0.39, 0.29) is 11.6 Å². The van der Waals surface area contributed by atoms with Crippen molar-refractivity contribution in [3.8, 4) is 11.1 Å². The summed E-state index contributed by atoms with van der Waals surface area (Å²) in [6.45, 7) is 2.98. The standard InChI is InChI=1S/C23H20F3N5O/c1-13-4-5-16(22(32)29-20-8-9-28-31(20)3)11-19(13)15-6-7-18-17(10-15)12-27-30-21(18)14(2)23(24,25)26/h4-12,14H,1-3H3,(H,29,32). The van der Waals surface area contributed by atoms with Crippen molar-refractivity contribution >= 4 is 22.5 Å². The number of carbonyl (C=O) groups excluding carboxylic acids is 1. The molecule has 2 aromatic carbocycles. The predicted octanol–water partition coefficient (Wildman–Crippen LogP) is 5.26. The van der Waals surface area contributed by atoms with Gasteiger partial charge in [-0.1, -0.05) is 18.2 Å². The van der Waals surface area contributed by atoms with Gasteiger partial charge in [0, 0.05) is 29.4 Å². The average molecular weight is 439 g/mol. The Morgan fingerprint density at radius 2 is 1.91 bits per heavy atom. The molecule has 1 amide bonds. The Bertz CT molecular complexity index is 1310. The molecule has 0 spiro atoms. The van der Waals surface area contributed by atoms with Crippen molar-refractivity contribution in [2.75, 3.05) is 5.32 Å². The van der Waals surface area contributed by atoms with Crippen molar-refractivity contribution in [2.45, 2.75) is 25.9 Å². The fourth-order valence-corrected chi connectivity index (χ4v) is 3.51. The van der Waals surface area contributed by atoms with E-state index in [2.05, 4.69) is 20.6 Å². The molecule has 1 atom stereocenters. The molecule has 0 aliphatic heterocycles. The summed E-state index contributed by atoms with van der Waals surface area (Å²) >= 11 is 0. The first-order chi connectivity index (χ1) is 15.1. The molecule has 0 saturated heterocycles. The molecule has 4 aromatic rings. The summed E-state index contributed by atoms with van der Waals surface area (Å²) in [5.41, 5.74) is 2.83. The lowest BCUT2D eigenvalue weighted by Crippen LogP contribution is -2.19. The monoisotopic (exact) mass is 439 g/mol. The van der Waals surface area contributed by atoms with Crippen LogP contribution in [0.15, 0.2) is 54.9 Å².